The summed E-state index contributed by atoms with van der Waals surface area (Å²) in [6.07, 6.45) is 3.23. The lowest BCUT2D eigenvalue weighted by Gasteiger charge is -2.15. The predicted octanol–water partition coefficient (Wildman–Crippen LogP) is 4.97. The number of sulfonamides is 1. The zero-order valence-electron chi connectivity index (χ0n) is 18.9. The minimum absolute atomic E-state index is 0.115. The summed E-state index contributed by atoms with van der Waals surface area (Å²) in [7, 11) is 1.51. The fourth-order valence-corrected chi connectivity index (χ4v) is 4.30. The zero-order valence-corrected chi connectivity index (χ0v) is 19.7. The van der Waals surface area contributed by atoms with Crippen LogP contribution in [0.2, 0.25) is 0 Å². The summed E-state index contributed by atoms with van der Waals surface area (Å²) in [4.78, 5) is -0.195. The van der Waals surface area contributed by atoms with E-state index in [1.54, 1.807) is 24.3 Å². The van der Waals surface area contributed by atoms with Crippen molar-refractivity contribution < 1.29 is 36.1 Å². The van der Waals surface area contributed by atoms with E-state index in [9.17, 15) is 17.2 Å². The first-order chi connectivity index (χ1) is 16.2. The number of benzene rings is 3. The van der Waals surface area contributed by atoms with Crippen LogP contribution in [0.15, 0.2) is 53.4 Å². The summed E-state index contributed by atoms with van der Waals surface area (Å²) >= 11 is 0. The van der Waals surface area contributed by atoms with E-state index in [-0.39, 0.29) is 16.3 Å². The van der Waals surface area contributed by atoms with Gasteiger partial charge in [0, 0.05) is 5.56 Å². The van der Waals surface area contributed by atoms with E-state index in [1.165, 1.54) is 34.5 Å². The first kappa shape index (κ1) is 24.8. The van der Waals surface area contributed by atoms with Gasteiger partial charge in [0.15, 0.2) is 23.1 Å². The zero-order chi connectivity index (χ0) is 24.9. The van der Waals surface area contributed by atoms with Gasteiger partial charge in [-0.1, -0.05) is 12.2 Å². The highest BCUT2D eigenvalue weighted by Crippen LogP contribution is 2.39. The van der Waals surface area contributed by atoms with Crippen molar-refractivity contribution in [3.63, 3.8) is 0 Å². The van der Waals surface area contributed by atoms with Crippen LogP contribution in [0.5, 0.6) is 23.0 Å². The van der Waals surface area contributed by atoms with Crippen molar-refractivity contribution in [2.45, 2.75) is 4.90 Å². The fourth-order valence-electron chi connectivity index (χ4n) is 3.21. The van der Waals surface area contributed by atoms with Crippen molar-refractivity contribution >= 4 is 27.9 Å². The molecule has 0 aliphatic rings. The third-order valence-corrected chi connectivity index (χ3v) is 6.21. The van der Waals surface area contributed by atoms with Gasteiger partial charge in [-0.15, -0.1) is 0 Å². The highest BCUT2D eigenvalue weighted by molar-refractivity contribution is 7.92. The summed E-state index contributed by atoms with van der Waals surface area (Å²) in [5.41, 5.74) is 0.846. The van der Waals surface area contributed by atoms with Crippen LogP contribution in [0.1, 0.15) is 11.1 Å². The molecular weight excluding hydrogens is 468 g/mol. The Morgan fingerprint density at radius 1 is 0.765 bits per heavy atom. The van der Waals surface area contributed by atoms with Crippen LogP contribution in [-0.4, -0.2) is 36.9 Å². The SMILES string of the molecule is COc1cc(C=Cc2ccc(F)c(OC)c2NS(=O)(=O)c2ccc(F)cc2)cc(OC)c1OC. The van der Waals surface area contributed by atoms with Gasteiger partial charge in [0.1, 0.15) is 11.5 Å². The molecule has 0 aliphatic heterocycles. The van der Waals surface area contributed by atoms with Crippen molar-refractivity contribution in [1.82, 2.24) is 0 Å². The van der Waals surface area contributed by atoms with E-state index < -0.39 is 21.7 Å². The van der Waals surface area contributed by atoms with Crippen LogP contribution in [0, 0.1) is 11.6 Å². The van der Waals surface area contributed by atoms with Crippen molar-refractivity contribution in [3.05, 3.63) is 71.3 Å². The molecule has 10 heteroatoms. The third-order valence-electron chi connectivity index (χ3n) is 4.85. The number of hydrogen-bond acceptors (Lipinski definition) is 6. The molecule has 0 bridgehead atoms. The Bertz CT molecular complexity index is 1280. The minimum atomic E-state index is -4.17. The number of ether oxygens (including phenoxy) is 4. The second-order valence-corrected chi connectivity index (χ2v) is 8.58. The quantitative estimate of drug-likeness (QED) is 0.426. The van der Waals surface area contributed by atoms with Gasteiger partial charge < -0.3 is 18.9 Å². The maximum absolute atomic E-state index is 14.4. The molecule has 34 heavy (non-hydrogen) atoms. The van der Waals surface area contributed by atoms with Gasteiger partial charge >= 0.3 is 0 Å². The molecule has 0 saturated heterocycles. The standard InChI is InChI=1S/C24H23F2NO6S/c1-30-20-13-15(14-21(31-2)24(20)33-4)5-6-16-7-12-19(26)23(32-3)22(16)27-34(28,29)18-10-8-17(25)9-11-18/h5-14,27H,1-4H3. The normalized spacial score (nSPS) is 11.4. The summed E-state index contributed by atoms with van der Waals surface area (Å²) in [6.45, 7) is 0. The Kier molecular flexibility index (Phi) is 7.62. The molecule has 3 rings (SSSR count). The van der Waals surface area contributed by atoms with E-state index in [0.717, 1.165) is 30.3 Å². The van der Waals surface area contributed by atoms with Gasteiger partial charge in [-0.3, -0.25) is 4.72 Å². The molecule has 0 saturated carbocycles. The van der Waals surface area contributed by atoms with E-state index in [0.29, 0.717) is 28.4 Å². The molecule has 180 valence electrons. The van der Waals surface area contributed by atoms with E-state index in [1.807, 2.05) is 0 Å². The molecule has 0 aromatic heterocycles. The Hall–Kier alpha value is -3.79. The van der Waals surface area contributed by atoms with Gasteiger partial charge in [-0.2, -0.15) is 0 Å². The summed E-state index contributed by atoms with van der Waals surface area (Å²) < 4.78 is 76.9. The number of halogens is 2. The molecule has 3 aromatic rings. The first-order valence-corrected chi connectivity index (χ1v) is 11.3. The fraction of sp³-hybridized carbons (Fsp3) is 0.167. The molecule has 7 nitrogen and oxygen atoms in total. The molecule has 0 unspecified atom stereocenters. The largest absolute Gasteiger partial charge is 0.493 e. The lowest BCUT2D eigenvalue weighted by atomic mass is 10.1. The Morgan fingerprint density at radius 2 is 1.35 bits per heavy atom. The Morgan fingerprint density at radius 3 is 1.88 bits per heavy atom. The van der Waals surface area contributed by atoms with Crippen LogP contribution in [0.4, 0.5) is 14.5 Å². The number of rotatable bonds is 9. The maximum Gasteiger partial charge on any atom is 0.262 e. The van der Waals surface area contributed by atoms with Gasteiger partial charge in [0.05, 0.1) is 33.3 Å². The van der Waals surface area contributed by atoms with Gasteiger partial charge in [-0.05, 0) is 54.1 Å². The van der Waals surface area contributed by atoms with Crippen LogP contribution in [0.25, 0.3) is 12.2 Å². The molecule has 0 heterocycles. The topological polar surface area (TPSA) is 83.1 Å². The lowest BCUT2D eigenvalue weighted by Crippen LogP contribution is -2.15. The maximum atomic E-state index is 14.4. The van der Waals surface area contributed by atoms with Gasteiger partial charge in [0.2, 0.25) is 5.75 Å². The summed E-state index contributed by atoms with van der Waals surface area (Å²) in [6, 6.07) is 10.2. The van der Waals surface area contributed by atoms with Crippen LogP contribution >= 0.6 is 0 Å². The van der Waals surface area contributed by atoms with E-state index in [2.05, 4.69) is 4.72 Å². The number of methoxy groups -OCH3 is 4. The molecular formula is C24H23F2NO6S. The van der Waals surface area contributed by atoms with Crippen LogP contribution in [0.3, 0.4) is 0 Å². The van der Waals surface area contributed by atoms with Crippen molar-refractivity contribution in [3.8, 4) is 23.0 Å². The second-order valence-electron chi connectivity index (χ2n) is 6.90. The summed E-state index contributed by atoms with van der Waals surface area (Å²) in [5.74, 6) is -0.373. The lowest BCUT2D eigenvalue weighted by molar-refractivity contribution is 0.324. The molecule has 1 N–H and O–H groups in total. The third kappa shape index (κ3) is 5.23. The monoisotopic (exact) mass is 491 g/mol. The molecule has 0 radical (unpaired) electrons. The minimum Gasteiger partial charge on any atom is -0.493 e. The highest BCUT2D eigenvalue weighted by Gasteiger charge is 2.21. The van der Waals surface area contributed by atoms with Crippen molar-refractivity contribution in [2.75, 3.05) is 33.2 Å². The Balaban J connectivity index is 2.07. The van der Waals surface area contributed by atoms with E-state index >= 15 is 0 Å². The van der Waals surface area contributed by atoms with E-state index in [4.69, 9.17) is 18.9 Å². The van der Waals surface area contributed by atoms with Crippen molar-refractivity contribution in [1.29, 1.82) is 0 Å². The predicted molar refractivity (Wildman–Crippen MR) is 125 cm³/mol. The molecule has 0 aliphatic carbocycles. The van der Waals surface area contributed by atoms with Gasteiger partial charge in [-0.25, -0.2) is 17.2 Å². The Labute approximate surface area is 196 Å². The molecule has 0 atom stereocenters. The molecule has 0 spiro atoms. The average Bonchev–Trinajstić information content (AvgIpc) is 2.83. The number of nitrogens with one attached hydrogen (secondary N) is 1. The second kappa shape index (κ2) is 10.4. The van der Waals surface area contributed by atoms with Crippen molar-refractivity contribution in [2.24, 2.45) is 0 Å². The van der Waals surface area contributed by atoms with Gasteiger partial charge in [0.25, 0.3) is 10.0 Å². The highest BCUT2D eigenvalue weighted by atomic mass is 32.2. The first-order valence-electron chi connectivity index (χ1n) is 9.87. The molecule has 0 amide bonds. The molecule has 3 aromatic carbocycles. The average molecular weight is 492 g/mol. The molecule has 0 fully saturated rings. The van der Waals surface area contributed by atoms with Crippen LogP contribution < -0.4 is 23.7 Å². The smallest absolute Gasteiger partial charge is 0.262 e. The van der Waals surface area contributed by atoms with Crippen LogP contribution in [-0.2, 0) is 10.0 Å². The number of hydrogen-bond donors (Lipinski definition) is 1. The summed E-state index contributed by atoms with van der Waals surface area (Å²) in [5, 5.41) is 0. The number of anilines is 1.